The molecule has 466 valence electrons. The minimum atomic E-state index is -0.106. The largest absolute Gasteiger partial charge is 0.464 e. The standard InChI is InChI=1S/2C21H31N5.C14H11N2.CH2Cl2.2Ag.6ClH.2Pd/c2*1-3-5-10-23-12-14-25(18-23)16-20-8-7-9-21(22-20)17-26-15-13-24(19-26)11-6-4-2;15-14(13-9-5-2-6-10-13)16-11-12-7-3-1-4-8-12;2-1-3;;;;;;;;;;/h2*7-9,12-15,18-19H,3-6,10-11,16-17H2,1-2H3;1-11H;1H2;;;6*1H;;/q2*-2;-1;;2*+1;;;;;;;2*+2/p-6. The van der Waals surface area contributed by atoms with E-state index in [4.69, 9.17) is 52.2 Å². The topological polar surface area (TPSA) is 86.4 Å². The molecule has 0 aliphatic carbocycles. The zero-order valence-electron chi connectivity index (χ0n) is 45.9. The van der Waals surface area contributed by atoms with E-state index in [1.54, 1.807) is 6.21 Å². The first-order valence-corrected chi connectivity index (χ1v) is 36.7. The van der Waals surface area contributed by atoms with Gasteiger partial charge in [0.05, 0.1) is 28.1 Å². The summed E-state index contributed by atoms with van der Waals surface area (Å²) in [6, 6.07) is 31.6. The number of amidine groups is 1. The summed E-state index contributed by atoms with van der Waals surface area (Å²) < 4.78 is 0. The van der Waals surface area contributed by atoms with Gasteiger partial charge in [-0.2, -0.15) is 26.7 Å². The van der Waals surface area contributed by atoms with Crippen LogP contribution < -0.4 is 12.4 Å². The van der Waals surface area contributed by atoms with Gasteiger partial charge in [0.1, 0.15) is 0 Å². The Balaban J connectivity index is 0.00000110. The Labute approximate surface area is 565 Å². The Kier molecular flexibility index (Phi) is 53.0. The summed E-state index contributed by atoms with van der Waals surface area (Å²) in [6.07, 6.45) is 28.5. The normalized spacial score (nSPS) is 13.3. The number of benzene rings is 2. The Morgan fingerprint density at radius 2 is 0.753 bits per heavy atom. The van der Waals surface area contributed by atoms with Crippen molar-refractivity contribution in [3.05, 3.63) is 213 Å². The Morgan fingerprint density at radius 3 is 1.02 bits per heavy atom. The third kappa shape index (κ3) is 37.0. The van der Waals surface area contributed by atoms with Gasteiger partial charge in [0.15, 0.2) is 0 Å². The van der Waals surface area contributed by atoms with Gasteiger partial charge in [0.25, 0.3) is 0 Å². The minimum absolute atomic E-state index is 0. The summed E-state index contributed by atoms with van der Waals surface area (Å²) >= 11 is 16.5. The number of pyridine rings is 2. The second-order valence-corrected chi connectivity index (χ2v) is 20.6. The van der Waals surface area contributed by atoms with Crippen molar-refractivity contribution in [3.8, 4) is 0 Å². The molecule has 24 heteroatoms. The van der Waals surface area contributed by atoms with Crippen LogP contribution in [0.3, 0.4) is 0 Å². The van der Waals surface area contributed by atoms with Crippen molar-refractivity contribution >= 4 is 82.2 Å². The molecule has 0 atom stereocenters. The first kappa shape index (κ1) is 79.6. The molecule has 2 aromatic carbocycles. The third-order valence-corrected chi connectivity index (χ3v) is 11.3. The van der Waals surface area contributed by atoms with Crippen LogP contribution in [0.1, 0.15) is 113 Å². The molecule has 12 nitrogen and oxygen atoms in total. The summed E-state index contributed by atoms with van der Waals surface area (Å²) in [5.74, 6) is 0.0319. The molecule has 0 radical (unpaired) electrons. The molecular formula is C57H75Ag2Cl8N12Pd2-5. The number of unbranched alkanes of at least 4 members (excludes halogenated alkanes) is 4. The molecule has 0 spiro atoms. The van der Waals surface area contributed by atoms with Crippen LogP contribution in [0.4, 0.5) is 0 Å². The number of nitrogens with zero attached hydrogens (tertiary/aromatic N) is 12. The minimum Gasteiger partial charge on any atom is -0.464 e. The number of alkyl halides is 2. The van der Waals surface area contributed by atoms with Gasteiger partial charge in [0, 0.05) is 26.2 Å². The van der Waals surface area contributed by atoms with Gasteiger partial charge in [0.2, 0.25) is 0 Å². The Bertz CT molecular complexity index is 2100. The van der Waals surface area contributed by atoms with Crippen LogP contribution in [0.5, 0.6) is 0 Å². The molecule has 0 unspecified atom stereocenters. The monoisotopic (exact) mass is 1630 g/mol. The van der Waals surface area contributed by atoms with Gasteiger partial charge in [-0.1, -0.05) is 138 Å². The number of hydrogen-bond acceptors (Lipinski definition) is 10. The molecule has 0 amide bonds. The van der Waals surface area contributed by atoms with E-state index in [0.29, 0.717) is 0 Å². The van der Waals surface area contributed by atoms with Gasteiger partial charge in [-0.05, 0) is 137 Å². The zero-order valence-corrected chi connectivity index (χ0v) is 58.0. The number of aromatic nitrogens is 2. The van der Waals surface area contributed by atoms with Crippen LogP contribution >= 0.6 is 70.2 Å². The number of halogens is 8. The molecule has 2 aromatic heterocycles. The van der Waals surface area contributed by atoms with E-state index in [0.717, 1.165) is 86.3 Å². The van der Waals surface area contributed by atoms with Crippen molar-refractivity contribution in [2.45, 2.75) is 105 Å². The molecule has 0 saturated carbocycles. The van der Waals surface area contributed by atoms with E-state index in [9.17, 15) is 5.41 Å². The van der Waals surface area contributed by atoms with E-state index >= 15 is 0 Å². The van der Waals surface area contributed by atoms with Crippen molar-refractivity contribution in [2.24, 2.45) is 4.99 Å². The number of aliphatic imine (C=N–C) groups is 1. The van der Waals surface area contributed by atoms with Crippen LogP contribution in [0.15, 0.2) is 152 Å². The Hall–Kier alpha value is -1.43. The summed E-state index contributed by atoms with van der Waals surface area (Å²) in [7, 11) is 23.0. The van der Waals surface area contributed by atoms with Crippen molar-refractivity contribution in [1.82, 2.24) is 49.2 Å². The molecule has 0 fully saturated rings. The van der Waals surface area contributed by atoms with Crippen LogP contribution in [0, 0.1) is 26.7 Å². The van der Waals surface area contributed by atoms with Crippen molar-refractivity contribution in [1.29, 1.82) is 0 Å². The molecular weight excluding hydrogens is 1560 g/mol. The van der Waals surface area contributed by atoms with Gasteiger partial charge in [-0.25, -0.2) is 0 Å². The first-order chi connectivity index (χ1) is 39.2. The fraction of sp³-hybridized carbons (Fsp3) is 0.368. The molecule has 8 rings (SSSR count). The maximum atomic E-state index is 9.70. The molecule has 81 heavy (non-hydrogen) atoms. The summed E-state index contributed by atoms with van der Waals surface area (Å²) in [4.78, 5) is 31.5. The average Bonchev–Trinajstić information content (AvgIpc) is 4.36. The quantitative estimate of drug-likeness (QED) is 0.0249. The van der Waals surface area contributed by atoms with Crippen molar-refractivity contribution in [2.75, 3.05) is 31.5 Å². The van der Waals surface area contributed by atoms with Crippen LogP contribution in [0.25, 0.3) is 5.41 Å². The van der Waals surface area contributed by atoms with E-state index in [1.165, 1.54) is 51.4 Å². The number of hydrogen-bond donors (Lipinski definition) is 0. The van der Waals surface area contributed by atoms with E-state index in [2.05, 4.69) is 271 Å². The molecule has 4 aromatic rings. The molecule has 0 saturated heterocycles. The molecule has 0 N–H and O–H groups in total. The summed E-state index contributed by atoms with van der Waals surface area (Å²) in [5.41, 5.74) is 6.09. The van der Waals surface area contributed by atoms with E-state index < -0.39 is 0 Å². The molecule has 6 heterocycles. The zero-order chi connectivity index (χ0) is 59.0. The van der Waals surface area contributed by atoms with Gasteiger partial charge in [-0.3, -0.25) is 9.97 Å². The predicted octanol–water partition coefficient (Wildman–Crippen LogP) is 13.2. The van der Waals surface area contributed by atoms with Crippen molar-refractivity contribution in [3.63, 3.8) is 0 Å². The smallest absolute Gasteiger partial charge is 0.0270 e. The van der Waals surface area contributed by atoms with Crippen LogP contribution in [0.2, 0.25) is 0 Å². The average molecular weight is 1640 g/mol. The van der Waals surface area contributed by atoms with Crippen LogP contribution in [-0.4, -0.2) is 92.7 Å². The summed E-state index contributed by atoms with van der Waals surface area (Å²) in [5, 5.41) is 9.90. The maximum absolute atomic E-state index is 9.70. The second kappa shape index (κ2) is 54.0. The SMILES string of the molecule is CCCCN1C=CN(Cc2cccc(CN3C=CN(CCCC)[CH-]3)n2)[CH-]1.CCCCN1C=CN(Cc2cccc(CN3C=CN(CCCC)[CH-]3)n2)[CH-]1.ClCCl.[Cl-].[Cl][Ag].[Cl][Ag].[Cl][Pd+].[Cl][Pd][Cl].[N-]=C(N=Cc1ccccc1)c1ccccc1. The number of rotatable bonds is 22. The third-order valence-electron chi connectivity index (χ3n) is 11.3. The van der Waals surface area contributed by atoms with Crippen LogP contribution in [-0.2, 0) is 100 Å². The molecule has 4 aliphatic heterocycles. The van der Waals surface area contributed by atoms with E-state index in [1.807, 2.05) is 60.7 Å². The summed E-state index contributed by atoms with van der Waals surface area (Å²) in [6.45, 7) is 25.2. The predicted molar refractivity (Wildman–Crippen MR) is 325 cm³/mol. The van der Waals surface area contributed by atoms with Crippen molar-refractivity contribution < 1.29 is 86.5 Å². The van der Waals surface area contributed by atoms with E-state index in [-0.39, 0.29) is 39.5 Å². The molecule has 0 bridgehead atoms. The van der Waals surface area contributed by atoms with Gasteiger partial charge < -0.3 is 62.0 Å². The fourth-order valence-corrected chi connectivity index (χ4v) is 7.52. The Morgan fingerprint density at radius 1 is 0.494 bits per heavy atom. The molecule has 4 aliphatic rings. The fourth-order valence-electron chi connectivity index (χ4n) is 7.52. The second-order valence-electron chi connectivity index (χ2n) is 17.5. The maximum Gasteiger partial charge on any atom is -0.0270 e. The first-order valence-electron chi connectivity index (χ1n) is 25.8. The van der Waals surface area contributed by atoms with Gasteiger partial charge in [-0.15, -0.1) is 23.2 Å². The van der Waals surface area contributed by atoms with Gasteiger partial charge >= 0.3 is 121 Å².